The van der Waals surface area contributed by atoms with Crippen LogP contribution in [0.4, 0.5) is 0 Å². The first kappa shape index (κ1) is 15.7. The van der Waals surface area contributed by atoms with Crippen molar-refractivity contribution in [2.24, 2.45) is 0 Å². The quantitative estimate of drug-likeness (QED) is 0.554. The summed E-state index contributed by atoms with van der Waals surface area (Å²) in [6, 6.07) is 12.3. The molecule has 0 aliphatic heterocycles. The SMILES string of the molecule is COc1ccc(OCCOc2ccc(C=O)cc2OC)cc1. The van der Waals surface area contributed by atoms with Crippen molar-refractivity contribution in [3.63, 3.8) is 0 Å². The highest BCUT2D eigenvalue weighted by atomic mass is 16.5. The summed E-state index contributed by atoms with van der Waals surface area (Å²) in [5, 5.41) is 0. The zero-order valence-corrected chi connectivity index (χ0v) is 12.6. The third kappa shape index (κ3) is 4.15. The van der Waals surface area contributed by atoms with Gasteiger partial charge in [-0.25, -0.2) is 0 Å². The number of hydrogen-bond donors (Lipinski definition) is 0. The summed E-state index contributed by atoms with van der Waals surface area (Å²) in [6.07, 6.45) is 0.763. The van der Waals surface area contributed by atoms with E-state index < -0.39 is 0 Å². The zero-order chi connectivity index (χ0) is 15.8. The van der Waals surface area contributed by atoms with Crippen LogP contribution in [0.15, 0.2) is 42.5 Å². The highest BCUT2D eigenvalue weighted by Crippen LogP contribution is 2.27. The van der Waals surface area contributed by atoms with E-state index in [0.717, 1.165) is 17.8 Å². The van der Waals surface area contributed by atoms with Crippen LogP contribution in [0.5, 0.6) is 23.0 Å². The average molecular weight is 302 g/mol. The van der Waals surface area contributed by atoms with E-state index in [4.69, 9.17) is 18.9 Å². The minimum Gasteiger partial charge on any atom is -0.497 e. The van der Waals surface area contributed by atoms with Crippen molar-refractivity contribution in [3.8, 4) is 23.0 Å². The third-order valence-corrected chi connectivity index (χ3v) is 2.99. The Morgan fingerprint density at radius 1 is 0.818 bits per heavy atom. The van der Waals surface area contributed by atoms with Crippen LogP contribution in [0, 0.1) is 0 Å². The molecule has 2 aromatic rings. The summed E-state index contributed by atoms with van der Waals surface area (Å²) in [4.78, 5) is 10.7. The van der Waals surface area contributed by atoms with Crippen LogP contribution in [0.2, 0.25) is 0 Å². The third-order valence-electron chi connectivity index (χ3n) is 2.99. The van der Waals surface area contributed by atoms with E-state index >= 15 is 0 Å². The van der Waals surface area contributed by atoms with Crippen molar-refractivity contribution >= 4 is 6.29 Å². The zero-order valence-electron chi connectivity index (χ0n) is 12.6. The fraction of sp³-hybridized carbons (Fsp3) is 0.235. The first-order valence-electron chi connectivity index (χ1n) is 6.79. The van der Waals surface area contributed by atoms with Gasteiger partial charge in [0.1, 0.15) is 31.0 Å². The topological polar surface area (TPSA) is 54.0 Å². The molecule has 2 rings (SSSR count). The monoisotopic (exact) mass is 302 g/mol. The van der Waals surface area contributed by atoms with Crippen LogP contribution in [-0.4, -0.2) is 33.7 Å². The van der Waals surface area contributed by atoms with Gasteiger partial charge in [-0.1, -0.05) is 0 Å². The first-order valence-corrected chi connectivity index (χ1v) is 6.79. The van der Waals surface area contributed by atoms with Gasteiger partial charge in [0.05, 0.1) is 14.2 Å². The van der Waals surface area contributed by atoms with Gasteiger partial charge >= 0.3 is 0 Å². The standard InChI is InChI=1S/C17H18O5/c1-19-14-4-6-15(7-5-14)21-9-10-22-16-8-3-13(12-18)11-17(16)20-2/h3-8,11-12H,9-10H2,1-2H3. The largest absolute Gasteiger partial charge is 0.497 e. The number of rotatable bonds is 8. The molecule has 0 radical (unpaired) electrons. The molecule has 2 aromatic carbocycles. The molecule has 0 fully saturated rings. The lowest BCUT2D eigenvalue weighted by molar-refractivity contribution is 0.112. The number of methoxy groups -OCH3 is 2. The van der Waals surface area contributed by atoms with Crippen molar-refractivity contribution in [1.29, 1.82) is 0 Å². The van der Waals surface area contributed by atoms with Crippen LogP contribution >= 0.6 is 0 Å². The number of aldehydes is 1. The van der Waals surface area contributed by atoms with Gasteiger partial charge in [0, 0.05) is 5.56 Å². The highest BCUT2D eigenvalue weighted by Gasteiger charge is 2.05. The van der Waals surface area contributed by atoms with Gasteiger partial charge in [0.15, 0.2) is 11.5 Å². The fourth-order valence-electron chi connectivity index (χ4n) is 1.86. The van der Waals surface area contributed by atoms with Crippen LogP contribution < -0.4 is 18.9 Å². The molecule has 0 aliphatic carbocycles. The summed E-state index contributed by atoms with van der Waals surface area (Å²) in [5.74, 6) is 2.62. The summed E-state index contributed by atoms with van der Waals surface area (Å²) in [7, 11) is 3.15. The first-order chi connectivity index (χ1) is 10.8. The van der Waals surface area contributed by atoms with Crippen LogP contribution in [-0.2, 0) is 0 Å². The van der Waals surface area contributed by atoms with Gasteiger partial charge in [-0.3, -0.25) is 4.79 Å². The number of carbonyl (C=O) groups is 1. The predicted molar refractivity (Wildman–Crippen MR) is 82.4 cm³/mol. The summed E-state index contributed by atoms with van der Waals surface area (Å²) >= 11 is 0. The van der Waals surface area contributed by atoms with E-state index in [2.05, 4.69) is 0 Å². The molecular formula is C17H18O5. The molecule has 0 spiro atoms. The maximum atomic E-state index is 10.7. The number of benzene rings is 2. The Kier molecular flexibility index (Phi) is 5.65. The van der Waals surface area contributed by atoms with Crippen molar-refractivity contribution < 1.29 is 23.7 Å². The van der Waals surface area contributed by atoms with E-state index in [-0.39, 0.29) is 0 Å². The second-order valence-corrected chi connectivity index (χ2v) is 4.40. The van der Waals surface area contributed by atoms with E-state index in [0.29, 0.717) is 30.3 Å². The molecular weight excluding hydrogens is 284 g/mol. The molecule has 0 heterocycles. The maximum Gasteiger partial charge on any atom is 0.161 e. The van der Waals surface area contributed by atoms with Crippen LogP contribution in [0.3, 0.4) is 0 Å². The average Bonchev–Trinajstić information content (AvgIpc) is 2.59. The molecule has 0 amide bonds. The second kappa shape index (κ2) is 7.93. The lowest BCUT2D eigenvalue weighted by Crippen LogP contribution is -2.09. The lowest BCUT2D eigenvalue weighted by Gasteiger charge is -2.12. The van der Waals surface area contributed by atoms with E-state index in [1.54, 1.807) is 25.3 Å². The van der Waals surface area contributed by atoms with Crippen molar-refractivity contribution in [2.45, 2.75) is 0 Å². The van der Waals surface area contributed by atoms with Gasteiger partial charge in [0.25, 0.3) is 0 Å². The van der Waals surface area contributed by atoms with E-state index in [9.17, 15) is 4.79 Å². The second-order valence-electron chi connectivity index (χ2n) is 4.40. The molecule has 0 aromatic heterocycles. The lowest BCUT2D eigenvalue weighted by atomic mass is 10.2. The van der Waals surface area contributed by atoms with E-state index in [1.165, 1.54) is 7.11 Å². The smallest absolute Gasteiger partial charge is 0.161 e. The van der Waals surface area contributed by atoms with Crippen LogP contribution in [0.25, 0.3) is 0 Å². The molecule has 0 atom stereocenters. The predicted octanol–water partition coefficient (Wildman–Crippen LogP) is 2.97. The Bertz CT molecular complexity index is 607. The van der Waals surface area contributed by atoms with Gasteiger partial charge < -0.3 is 18.9 Å². The number of carbonyl (C=O) groups excluding carboxylic acids is 1. The van der Waals surface area contributed by atoms with Gasteiger partial charge in [-0.15, -0.1) is 0 Å². The summed E-state index contributed by atoms with van der Waals surface area (Å²) in [6.45, 7) is 0.758. The normalized spacial score (nSPS) is 9.91. The Balaban J connectivity index is 1.84. The minimum absolute atomic E-state index is 0.364. The molecule has 0 bridgehead atoms. The van der Waals surface area contributed by atoms with Crippen molar-refractivity contribution in [1.82, 2.24) is 0 Å². The molecule has 5 heteroatoms. The van der Waals surface area contributed by atoms with Gasteiger partial charge in [0.2, 0.25) is 0 Å². The Morgan fingerprint density at radius 3 is 2.14 bits per heavy atom. The molecule has 0 aliphatic rings. The van der Waals surface area contributed by atoms with Crippen LogP contribution in [0.1, 0.15) is 10.4 Å². The van der Waals surface area contributed by atoms with Gasteiger partial charge in [-0.2, -0.15) is 0 Å². The minimum atomic E-state index is 0.364. The molecule has 0 saturated heterocycles. The Labute approximate surface area is 129 Å². The summed E-state index contributed by atoms with van der Waals surface area (Å²) in [5.41, 5.74) is 0.540. The Morgan fingerprint density at radius 2 is 1.50 bits per heavy atom. The molecule has 5 nitrogen and oxygen atoms in total. The highest BCUT2D eigenvalue weighted by molar-refractivity contribution is 5.76. The van der Waals surface area contributed by atoms with E-state index in [1.807, 2.05) is 24.3 Å². The molecule has 0 saturated carbocycles. The number of ether oxygens (including phenoxy) is 4. The molecule has 0 N–H and O–H groups in total. The summed E-state index contributed by atoms with van der Waals surface area (Å²) < 4.78 is 21.4. The maximum absolute atomic E-state index is 10.7. The molecule has 0 unspecified atom stereocenters. The number of hydrogen-bond acceptors (Lipinski definition) is 5. The Hall–Kier alpha value is -2.69. The molecule has 116 valence electrons. The fourth-order valence-corrected chi connectivity index (χ4v) is 1.86. The van der Waals surface area contributed by atoms with Crippen molar-refractivity contribution in [3.05, 3.63) is 48.0 Å². The van der Waals surface area contributed by atoms with Crippen molar-refractivity contribution in [2.75, 3.05) is 27.4 Å². The molecule has 22 heavy (non-hydrogen) atoms. The van der Waals surface area contributed by atoms with Gasteiger partial charge in [-0.05, 0) is 42.5 Å².